The first-order valence-corrected chi connectivity index (χ1v) is 6.47. The van der Waals surface area contributed by atoms with Crippen LogP contribution in [0.1, 0.15) is 32.6 Å². The van der Waals surface area contributed by atoms with Crippen molar-refractivity contribution >= 4 is 11.8 Å². The molecule has 12 heavy (non-hydrogen) atoms. The molecule has 0 N–H and O–H groups in total. The Morgan fingerprint density at radius 2 is 2.25 bits per heavy atom. The van der Waals surface area contributed by atoms with Crippen molar-refractivity contribution in [3.63, 3.8) is 0 Å². The molecule has 1 aliphatic rings. The summed E-state index contributed by atoms with van der Waals surface area (Å²) in [6, 6.07) is 0.848. The fourth-order valence-corrected chi connectivity index (χ4v) is 2.32. The van der Waals surface area contributed by atoms with Gasteiger partial charge >= 0.3 is 0 Å². The molecule has 1 aliphatic heterocycles. The van der Waals surface area contributed by atoms with Gasteiger partial charge in [0.05, 0.1) is 0 Å². The van der Waals surface area contributed by atoms with Crippen molar-refractivity contribution in [3.8, 4) is 0 Å². The third kappa shape index (κ3) is 3.36. The van der Waals surface area contributed by atoms with Crippen LogP contribution >= 0.6 is 11.8 Å². The third-order valence-corrected chi connectivity index (χ3v) is 3.43. The van der Waals surface area contributed by atoms with Crippen LogP contribution in [-0.2, 0) is 0 Å². The molecular formula is C10H21NS. The lowest BCUT2D eigenvalue weighted by molar-refractivity contribution is 0.161. The maximum absolute atomic E-state index is 2.65. The molecule has 1 saturated heterocycles. The van der Waals surface area contributed by atoms with E-state index in [4.69, 9.17) is 0 Å². The lowest BCUT2D eigenvalue weighted by Crippen LogP contribution is -2.38. The summed E-state index contributed by atoms with van der Waals surface area (Å²) in [4.78, 5) is 2.65. The molecule has 0 aromatic carbocycles. The maximum atomic E-state index is 2.65. The average Bonchev–Trinajstić information content (AvgIpc) is 2.09. The van der Waals surface area contributed by atoms with Crippen LogP contribution in [-0.4, -0.2) is 36.0 Å². The molecule has 1 rings (SSSR count). The fourth-order valence-electron chi connectivity index (χ4n) is 1.90. The molecule has 1 nitrogen and oxygen atoms in total. The fraction of sp³-hybridized carbons (Fsp3) is 1.00. The Morgan fingerprint density at radius 1 is 1.42 bits per heavy atom. The van der Waals surface area contributed by atoms with Gasteiger partial charge < -0.3 is 4.90 Å². The van der Waals surface area contributed by atoms with E-state index in [1.165, 1.54) is 44.5 Å². The van der Waals surface area contributed by atoms with Crippen molar-refractivity contribution < 1.29 is 0 Å². The SMILES string of the molecule is CSCCCN1CCCCC1C. The molecule has 0 aliphatic carbocycles. The Hall–Kier alpha value is 0.310. The number of likely N-dealkylation sites (tertiary alicyclic amines) is 1. The molecule has 0 saturated carbocycles. The minimum atomic E-state index is 0.848. The van der Waals surface area contributed by atoms with Crippen LogP contribution in [0.25, 0.3) is 0 Å². The highest BCUT2D eigenvalue weighted by molar-refractivity contribution is 7.98. The Balaban J connectivity index is 2.11. The summed E-state index contributed by atoms with van der Waals surface area (Å²) in [5.41, 5.74) is 0. The van der Waals surface area contributed by atoms with E-state index >= 15 is 0 Å². The Bertz CT molecular complexity index is 116. The normalized spacial score (nSPS) is 26.0. The summed E-state index contributed by atoms with van der Waals surface area (Å²) in [5.74, 6) is 1.32. The van der Waals surface area contributed by atoms with E-state index in [0.717, 1.165) is 6.04 Å². The Kier molecular flexibility index (Phi) is 5.08. The van der Waals surface area contributed by atoms with E-state index in [0.29, 0.717) is 0 Å². The first-order valence-electron chi connectivity index (χ1n) is 5.07. The van der Waals surface area contributed by atoms with Crippen LogP contribution in [0.5, 0.6) is 0 Å². The number of piperidine rings is 1. The summed E-state index contributed by atoms with van der Waals surface area (Å²) in [7, 11) is 0. The standard InChI is InChI=1S/C10H21NS/c1-10-6-3-4-7-11(10)8-5-9-12-2/h10H,3-9H2,1-2H3. The molecule has 0 amide bonds. The number of hydrogen-bond donors (Lipinski definition) is 0. The van der Waals surface area contributed by atoms with Crippen LogP contribution < -0.4 is 0 Å². The molecule has 0 aromatic rings. The molecular weight excluding hydrogens is 166 g/mol. The van der Waals surface area contributed by atoms with Crippen LogP contribution in [0, 0.1) is 0 Å². The van der Waals surface area contributed by atoms with Gasteiger partial charge in [-0.2, -0.15) is 11.8 Å². The van der Waals surface area contributed by atoms with Gasteiger partial charge in [-0.25, -0.2) is 0 Å². The Labute approximate surface area is 80.9 Å². The van der Waals surface area contributed by atoms with Crippen LogP contribution in [0.4, 0.5) is 0 Å². The van der Waals surface area contributed by atoms with Crippen molar-refractivity contribution in [2.24, 2.45) is 0 Å². The molecule has 2 heteroatoms. The predicted molar refractivity (Wildman–Crippen MR) is 57.9 cm³/mol. The summed E-state index contributed by atoms with van der Waals surface area (Å²) >= 11 is 1.96. The topological polar surface area (TPSA) is 3.24 Å². The van der Waals surface area contributed by atoms with Gasteiger partial charge in [-0.3, -0.25) is 0 Å². The maximum Gasteiger partial charge on any atom is 0.00669 e. The molecule has 1 heterocycles. The van der Waals surface area contributed by atoms with E-state index in [2.05, 4.69) is 18.1 Å². The predicted octanol–water partition coefficient (Wildman–Crippen LogP) is 2.61. The molecule has 0 spiro atoms. The second kappa shape index (κ2) is 5.87. The number of hydrogen-bond acceptors (Lipinski definition) is 2. The molecule has 1 unspecified atom stereocenters. The highest BCUT2D eigenvalue weighted by atomic mass is 32.2. The van der Waals surface area contributed by atoms with Gasteiger partial charge in [0.2, 0.25) is 0 Å². The van der Waals surface area contributed by atoms with Gasteiger partial charge in [0, 0.05) is 6.04 Å². The van der Waals surface area contributed by atoms with Crippen molar-refractivity contribution in [2.45, 2.75) is 38.6 Å². The lowest BCUT2D eigenvalue weighted by atomic mass is 10.0. The lowest BCUT2D eigenvalue weighted by Gasteiger charge is -2.33. The quantitative estimate of drug-likeness (QED) is 0.622. The van der Waals surface area contributed by atoms with E-state index in [9.17, 15) is 0 Å². The summed E-state index contributed by atoms with van der Waals surface area (Å²) in [6.45, 7) is 5.04. The molecule has 0 aromatic heterocycles. The largest absolute Gasteiger partial charge is 0.301 e. The zero-order chi connectivity index (χ0) is 8.81. The first-order chi connectivity index (χ1) is 5.84. The van der Waals surface area contributed by atoms with Gasteiger partial charge in [0.1, 0.15) is 0 Å². The second-order valence-corrected chi connectivity index (χ2v) is 4.71. The van der Waals surface area contributed by atoms with Gasteiger partial charge in [-0.1, -0.05) is 6.42 Å². The minimum absolute atomic E-state index is 0.848. The van der Waals surface area contributed by atoms with Crippen LogP contribution in [0.3, 0.4) is 0 Å². The van der Waals surface area contributed by atoms with E-state index in [1.54, 1.807) is 0 Å². The molecule has 0 bridgehead atoms. The monoisotopic (exact) mass is 187 g/mol. The third-order valence-electron chi connectivity index (χ3n) is 2.73. The minimum Gasteiger partial charge on any atom is -0.301 e. The van der Waals surface area contributed by atoms with E-state index < -0.39 is 0 Å². The summed E-state index contributed by atoms with van der Waals surface area (Å²) in [5, 5.41) is 0. The number of thioether (sulfide) groups is 1. The van der Waals surface area contributed by atoms with E-state index in [-0.39, 0.29) is 0 Å². The van der Waals surface area contributed by atoms with Crippen molar-refractivity contribution in [1.82, 2.24) is 4.90 Å². The highest BCUT2D eigenvalue weighted by Gasteiger charge is 2.16. The number of rotatable bonds is 4. The van der Waals surface area contributed by atoms with Gasteiger partial charge in [-0.05, 0) is 51.3 Å². The van der Waals surface area contributed by atoms with Gasteiger partial charge in [-0.15, -0.1) is 0 Å². The van der Waals surface area contributed by atoms with Crippen LogP contribution in [0.15, 0.2) is 0 Å². The van der Waals surface area contributed by atoms with Gasteiger partial charge in [0.15, 0.2) is 0 Å². The van der Waals surface area contributed by atoms with Crippen molar-refractivity contribution in [3.05, 3.63) is 0 Å². The number of nitrogens with zero attached hydrogens (tertiary/aromatic N) is 1. The molecule has 1 fully saturated rings. The smallest absolute Gasteiger partial charge is 0.00669 e. The van der Waals surface area contributed by atoms with Crippen LogP contribution in [0.2, 0.25) is 0 Å². The average molecular weight is 187 g/mol. The van der Waals surface area contributed by atoms with Crippen molar-refractivity contribution in [2.75, 3.05) is 25.1 Å². The van der Waals surface area contributed by atoms with Gasteiger partial charge in [0.25, 0.3) is 0 Å². The summed E-state index contributed by atoms with van der Waals surface area (Å²) in [6.07, 6.45) is 7.84. The zero-order valence-electron chi connectivity index (χ0n) is 8.38. The van der Waals surface area contributed by atoms with E-state index in [1.807, 2.05) is 11.8 Å². The first kappa shape index (κ1) is 10.4. The molecule has 0 radical (unpaired) electrons. The second-order valence-electron chi connectivity index (χ2n) is 3.73. The zero-order valence-corrected chi connectivity index (χ0v) is 9.20. The highest BCUT2D eigenvalue weighted by Crippen LogP contribution is 2.16. The van der Waals surface area contributed by atoms with Crippen molar-refractivity contribution in [1.29, 1.82) is 0 Å². The Morgan fingerprint density at radius 3 is 2.92 bits per heavy atom. The molecule has 1 atom stereocenters. The summed E-state index contributed by atoms with van der Waals surface area (Å²) < 4.78 is 0. The molecule has 72 valence electrons.